The van der Waals surface area contributed by atoms with Gasteiger partial charge in [0.05, 0.1) is 13.1 Å². The van der Waals surface area contributed by atoms with Gasteiger partial charge in [-0.1, -0.05) is 27.7 Å². The molecular weight excluding hydrogens is 250 g/mol. The molecule has 0 spiro atoms. The minimum Gasteiger partial charge on any atom is -0.351 e. The van der Waals surface area contributed by atoms with Crippen LogP contribution < -0.4 is 16.0 Å². The molecule has 1 atom stereocenters. The van der Waals surface area contributed by atoms with Crippen molar-refractivity contribution in [3.63, 3.8) is 0 Å². The Morgan fingerprint density at radius 2 is 1.67 bits per heavy atom. The summed E-state index contributed by atoms with van der Waals surface area (Å²) < 4.78 is 0. The van der Waals surface area contributed by atoms with Gasteiger partial charge in [0.25, 0.3) is 0 Å². The molecule has 0 saturated heterocycles. The van der Waals surface area contributed by atoms with Crippen LogP contribution >= 0.6 is 12.6 Å². The number of hydrogen-bond donors (Lipinski definition) is 4. The van der Waals surface area contributed by atoms with E-state index in [4.69, 9.17) is 0 Å². The van der Waals surface area contributed by atoms with Crippen molar-refractivity contribution in [1.29, 1.82) is 0 Å². The van der Waals surface area contributed by atoms with Crippen molar-refractivity contribution in [3.8, 4) is 0 Å². The predicted molar refractivity (Wildman–Crippen MR) is 76.8 cm³/mol. The Hall–Kier alpha value is -0.750. The van der Waals surface area contributed by atoms with Gasteiger partial charge in [0.1, 0.15) is 0 Å². The highest BCUT2D eigenvalue weighted by molar-refractivity contribution is 7.80. The molecule has 106 valence electrons. The van der Waals surface area contributed by atoms with Crippen LogP contribution in [0.1, 0.15) is 27.7 Å². The summed E-state index contributed by atoms with van der Waals surface area (Å²) in [6.07, 6.45) is 0. The lowest BCUT2D eigenvalue weighted by molar-refractivity contribution is -0.126. The Bertz CT molecular complexity index is 270. The molecule has 0 radical (unpaired) electrons. The molecule has 6 heteroatoms. The Balaban J connectivity index is 3.85. The van der Waals surface area contributed by atoms with Gasteiger partial charge in [0, 0.05) is 17.8 Å². The molecule has 0 aliphatic rings. The second-order valence-electron chi connectivity index (χ2n) is 4.91. The zero-order valence-electron chi connectivity index (χ0n) is 11.6. The van der Waals surface area contributed by atoms with E-state index in [9.17, 15) is 9.59 Å². The Morgan fingerprint density at radius 1 is 1.06 bits per heavy atom. The number of carbonyl (C=O) groups excluding carboxylic acids is 2. The summed E-state index contributed by atoms with van der Waals surface area (Å²) in [5.41, 5.74) is 0. The molecule has 0 rings (SSSR count). The number of carbonyl (C=O) groups is 2. The molecule has 3 N–H and O–H groups in total. The molecule has 0 aliphatic heterocycles. The lowest BCUT2D eigenvalue weighted by Gasteiger charge is -2.20. The molecule has 2 amide bonds. The predicted octanol–water partition coefficient (Wildman–Crippen LogP) is 0.171. The first-order valence-electron chi connectivity index (χ1n) is 6.27. The first-order chi connectivity index (χ1) is 8.36. The smallest absolute Gasteiger partial charge is 0.239 e. The second-order valence-corrected chi connectivity index (χ2v) is 5.28. The van der Waals surface area contributed by atoms with Crippen molar-refractivity contribution in [1.82, 2.24) is 16.0 Å². The van der Waals surface area contributed by atoms with Crippen LogP contribution in [0.3, 0.4) is 0 Å². The van der Waals surface area contributed by atoms with Gasteiger partial charge in [-0.15, -0.1) is 0 Å². The third-order valence-corrected chi connectivity index (χ3v) is 2.86. The maximum Gasteiger partial charge on any atom is 0.239 e. The Kier molecular flexibility index (Phi) is 8.83. The second kappa shape index (κ2) is 9.22. The molecular formula is C12H25N3O2S. The highest BCUT2D eigenvalue weighted by Crippen LogP contribution is 2.02. The third kappa shape index (κ3) is 8.36. The fourth-order valence-corrected chi connectivity index (χ4v) is 1.73. The van der Waals surface area contributed by atoms with Crippen LogP contribution in [0.15, 0.2) is 0 Å². The summed E-state index contributed by atoms with van der Waals surface area (Å²) >= 11 is 4.18. The normalized spacial score (nSPS) is 12.6. The van der Waals surface area contributed by atoms with E-state index in [1.165, 1.54) is 0 Å². The highest BCUT2D eigenvalue weighted by Gasteiger charge is 2.14. The number of hydrogen-bond acceptors (Lipinski definition) is 4. The molecule has 0 aliphatic carbocycles. The van der Waals surface area contributed by atoms with Crippen LogP contribution in [0, 0.1) is 5.92 Å². The summed E-state index contributed by atoms with van der Waals surface area (Å²) in [4.78, 5) is 23.0. The van der Waals surface area contributed by atoms with Gasteiger partial charge in [-0.2, -0.15) is 12.6 Å². The van der Waals surface area contributed by atoms with Gasteiger partial charge < -0.3 is 16.0 Å². The van der Waals surface area contributed by atoms with E-state index >= 15 is 0 Å². The topological polar surface area (TPSA) is 70.2 Å². The van der Waals surface area contributed by atoms with Crippen LogP contribution in [0.2, 0.25) is 0 Å². The van der Waals surface area contributed by atoms with Crippen LogP contribution in [0.25, 0.3) is 0 Å². The number of thiol groups is 1. The number of rotatable bonds is 8. The van der Waals surface area contributed by atoms with E-state index in [1.807, 2.05) is 27.7 Å². The summed E-state index contributed by atoms with van der Waals surface area (Å²) in [6, 6.07) is 0.283. The van der Waals surface area contributed by atoms with Crippen molar-refractivity contribution < 1.29 is 9.59 Å². The van der Waals surface area contributed by atoms with Crippen molar-refractivity contribution in [2.45, 2.75) is 39.8 Å². The largest absolute Gasteiger partial charge is 0.351 e. The monoisotopic (exact) mass is 275 g/mol. The maximum absolute atomic E-state index is 11.6. The summed E-state index contributed by atoms with van der Waals surface area (Å²) in [5, 5.41) is 8.39. The first-order valence-corrected chi connectivity index (χ1v) is 6.90. The van der Waals surface area contributed by atoms with E-state index in [1.54, 1.807) is 0 Å². The summed E-state index contributed by atoms with van der Waals surface area (Å²) in [6.45, 7) is 8.19. The minimum absolute atomic E-state index is 0.00953. The van der Waals surface area contributed by atoms with Gasteiger partial charge >= 0.3 is 0 Å². The quantitative estimate of drug-likeness (QED) is 0.477. The lowest BCUT2D eigenvalue weighted by Crippen LogP contribution is -2.46. The van der Waals surface area contributed by atoms with Crippen molar-refractivity contribution >= 4 is 24.4 Å². The SMILES string of the molecule is CC(C)NCC(=O)NCC(=O)NC(CS)C(C)C. The molecule has 1 unspecified atom stereocenters. The average Bonchev–Trinajstić information content (AvgIpc) is 2.30. The van der Waals surface area contributed by atoms with Crippen LogP contribution in [-0.4, -0.2) is 42.7 Å². The van der Waals surface area contributed by atoms with E-state index in [2.05, 4.69) is 28.6 Å². The van der Waals surface area contributed by atoms with Gasteiger partial charge in [0.2, 0.25) is 11.8 Å². The Labute approximate surface area is 115 Å². The van der Waals surface area contributed by atoms with Crippen LogP contribution in [0.5, 0.6) is 0 Å². The summed E-state index contributed by atoms with van der Waals surface area (Å²) in [7, 11) is 0. The van der Waals surface area contributed by atoms with Crippen molar-refractivity contribution in [3.05, 3.63) is 0 Å². The number of nitrogens with one attached hydrogen (secondary N) is 3. The van der Waals surface area contributed by atoms with Crippen molar-refractivity contribution in [2.24, 2.45) is 5.92 Å². The van der Waals surface area contributed by atoms with Crippen LogP contribution in [0.4, 0.5) is 0 Å². The van der Waals surface area contributed by atoms with E-state index in [-0.39, 0.29) is 37.0 Å². The van der Waals surface area contributed by atoms with Crippen molar-refractivity contribution in [2.75, 3.05) is 18.8 Å². The highest BCUT2D eigenvalue weighted by atomic mass is 32.1. The van der Waals surface area contributed by atoms with Gasteiger partial charge in [0.15, 0.2) is 0 Å². The molecule has 0 aromatic rings. The minimum atomic E-state index is -0.180. The van der Waals surface area contributed by atoms with Crippen LogP contribution in [-0.2, 0) is 9.59 Å². The average molecular weight is 275 g/mol. The standard InChI is InChI=1S/C12H25N3O2S/c1-8(2)10(7-18)15-12(17)6-14-11(16)5-13-9(3)4/h8-10,13,18H,5-7H2,1-4H3,(H,14,16)(H,15,17). The lowest BCUT2D eigenvalue weighted by atomic mass is 10.1. The van der Waals surface area contributed by atoms with E-state index in [0.29, 0.717) is 11.7 Å². The molecule has 0 bridgehead atoms. The van der Waals surface area contributed by atoms with Gasteiger partial charge in [-0.3, -0.25) is 9.59 Å². The molecule has 0 aromatic heterocycles. The van der Waals surface area contributed by atoms with E-state index < -0.39 is 0 Å². The zero-order chi connectivity index (χ0) is 14.1. The molecule has 0 saturated carbocycles. The number of amides is 2. The zero-order valence-corrected chi connectivity index (χ0v) is 12.5. The Morgan fingerprint density at radius 3 is 2.11 bits per heavy atom. The fourth-order valence-electron chi connectivity index (χ4n) is 1.22. The molecule has 5 nitrogen and oxygen atoms in total. The molecule has 0 fully saturated rings. The van der Waals surface area contributed by atoms with Gasteiger partial charge in [-0.25, -0.2) is 0 Å². The molecule has 0 heterocycles. The molecule has 18 heavy (non-hydrogen) atoms. The first kappa shape index (κ1) is 17.2. The van der Waals surface area contributed by atoms with Gasteiger partial charge in [-0.05, 0) is 5.92 Å². The molecule has 0 aromatic carbocycles. The van der Waals surface area contributed by atoms with E-state index in [0.717, 1.165) is 0 Å². The third-order valence-electron chi connectivity index (χ3n) is 2.46. The summed E-state index contributed by atoms with van der Waals surface area (Å²) in [5.74, 6) is 0.558. The fraction of sp³-hybridized carbons (Fsp3) is 0.833. The maximum atomic E-state index is 11.6.